The summed E-state index contributed by atoms with van der Waals surface area (Å²) >= 11 is 0. The maximum Gasteiger partial charge on any atom is 0.124 e. The molecule has 0 aromatic heterocycles. The number of hydrogen-bond donors (Lipinski definition) is 2. The second kappa shape index (κ2) is 9.57. The summed E-state index contributed by atoms with van der Waals surface area (Å²) in [5.74, 6) is 0.874. The molecule has 1 atom stereocenters. The van der Waals surface area contributed by atoms with Crippen LogP contribution in [0.25, 0.3) is 10.8 Å². The molecule has 0 saturated carbocycles. The second-order valence-electron chi connectivity index (χ2n) is 7.54. The highest BCUT2D eigenvalue weighted by Crippen LogP contribution is 2.29. The van der Waals surface area contributed by atoms with Gasteiger partial charge in [0.2, 0.25) is 0 Å². The summed E-state index contributed by atoms with van der Waals surface area (Å²) in [6.07, 6.45) is -0.544. The lowest BCUT2D eigenvalue weighted by atomic mass is 10.0. The first kappa shape index (κ1) is 20.1. The van der Waals surface area contributed by atoms with Crippen molar-refractivity contribution in [3.8, 4) is 5.75 Å². The largest absolute Gasteiger partial charge is 0.489 e. The van der Waals surface area contributed by atoms with Gasteiger partial charge in [-0.05, 0) is 40.5 Å². The van der Waals surface area contributed by atoms with Gasteiger partial charge >= 0.3 is 0 Å². The zero-order valence-electron chi connectivity index (χ0n) is 17.2. The van der Waals surface area contributed by atoms with E-state index in [-0.39, 0.29) is 0 Å². The molecule has 0 bridgehead atoms. The zero-order valence-corrected chi connectivity index (χ0v) is 17.2. The summed E-state index contributed by atoms with van der Waals surface area (Å²) in [4.78, 5) is 0. The first-order valence-corrected chi connectivity index (χ1v) is 10.3. The van der Waals surface area contributed by atoms with Crippen molar-refractivity contribution in [1.29, 1.82) is 0 Å². The molecule has 0 heterocycles. The van der Waals surface area contributed by atoms with Gasteiger partial charge in [0, 0.05) is 18.7 Å². The van der Waals surface area contributed by atoms with Crippen molar-refractivity contribution in [2.75, 3.05) is 6.54 Å². The average Bonchev–Trinajstić information content (AvgIpc) is 2.79. The summed E-state index contributed by atoms with van der Waals surface area (Å²) in [7, 11) is 0. The van der Waals surface area contributed by atoms with Gasteiger partial charge in [0.25, 0.3) is 0 Å². The molecule has 0 aliphatic carbocycles. The molecule has 152 valence electrons. The van der Waals surface area contributed by atoms with Crippen molar-refractivity contribution in [2.45, 2.75) is 26.2 Å². The third-order valence-corrected chi connectivity index (χ3v) is 5.47. The van der Waals surface area contributed by atoms with E-state index in [0.717, 1.165) is 16.9 Å². The molecule has 4 aromatic rings. The van der Waals surface area contributed by atoms with Gasteiger partial charge in [0.05, 0.1) is 6.10 Å². The van der Waals surface area contributed by atoms with E-state index >= 15 is 0 Å². The Kier molecular flexibility index (Phi) is 6.43. The molecule has 0 aliphatic heterocycles. The van der Waals surface area contributed by atoms with E-state index in [1.165, 1.54) is 21.9 Å². The lowest BCUT2D eigenvalue weighted by molar-refractivity contribution is 0.174. The Bertz CT molecular complexity index is 1110. The standard InChI is InChI=1S/C27H27NO2/c1-20-9-5-6-13-23(20)19-30-27-16-15-21-10-7-8-14-24(21)25(27)17-28-18-26(29)22-11-3-2-4-12-22/h2-16,26,28-29H,17-19H2,1H3. The normalized spacial score (nSPS) is 12.1. The van der Waals surface area contributed by atoms with Crippen molar-refractivity contribution in [2.24, 2.45) is 0 Å². The van der Waals surface area contributed by atoms with Crippen molar-refractivity contribution in [1.82, 2.24) is 5.32 Å². The molecule has 1 unspecified atom stereocenters. The summed E-state index contributed by atoms with van der Waals surface area (Å²) in [5, 5.41) is 16.2. The highest BCUT2D eigenvalue weighted by atomic mass is 16.5. The van der Waals surface area contributed by atoms with Crippen molar-refractivity contribution >= 4 is 10.8 Å². The van der Waals surface area contributed by atoms with Crippen LogP contribution in [0.3, 0.4) is 0 Å². The predicted octanol–water partition coefficient (Wildman–Crippen LogP) is 5.55. The molecule has 3 nitrogen and oxygen atoms in total. The fourth-order valence-corrected chi connectivity index (χ4v) is 3.69. The van der Waals surface area contributed by atoms with E-state index in [1.807, 2.05) is 54.6 Å². The summed E-state index contributed by atoms with van der Waals surface area (Å²) in [5.41, 5.74) is 4.44. The Morgan fingerprint density at radius 3 is 2.40 bits per heavy atom. The third kappa shape index (κ3) is 4.70. The molecular formula is C27H27NO2. The highest BCUT2D eigenvalue weighted by Gasteiger charge is 2.12. The van der Waals surface area contributed by atoms with Crippen LogP contribution in [-0.2, 0) is 13.2 Å². The molecule has 0 fully saturated rings. The quantitative estimate of drug-likeness (QED) is 0.410. The fourth-order valence-electron chi connectivity index (χ4n) is 3.69. The Balaban J connectivity index is 1.52. The van der Waals surface area contributed by atoms with Gasteiger partial charge in [-0.3, -0.25) is 0 Å². The Morgan fingerprint density at radius 2 is 1.57 bits per heavy atom. The number of aryl methyl sites for hydroxylation is 1. The first-order chi connectivity index (χ1) is 14.7. The van der Waals surface area contributed by atoms with Crippen LogP contribution in [0.15, 0.2) is 91.0 Å². The Hall–Kier alpha value is -3.14. The molecular weight excluding hydrogens is 370 g/mol. The topological polar surface area (TPSA) is 41.5 Å². The number of aliphatic hydroxyl groups is 1. The molecule has 30 heavy (non-hydrogen) atoms. The SMILES string of the molecule is Cc1ccccc1COc1ccc2ccccc2c1CNCC(O)c1ccccc1. The third-order valence-electron chi connectivity index (χ3n) is 5.47. The van der Waals surface area contributed by atoms with Crippen LogP contribution >= 0.6 is 0 Å². The maximum absolute atomic E-state index is 10.5. The van der Waals surface area contributed by atoms with E-state index in [0.29, 0.717) is 19.7 Å². The van der Waals surface area contributed by atoms with Gasteiger partial charge in [-0.1, -0.05) is 84.9 Å². The van der Waals surface area contributed by atoms with Gasteiger partial charge in [0.1, 0.15) is 12.4 Å². The maximum atomic E-state index is 10.5. The number of ether oxygens (including phenoxy) is 1. The average molecular weight is 398 g/mol. The molecule has 0 spiro atoms. The van der Waals surface area contributed by atoms with Gasteiger partial charge < -0.3 is 15.2 Å². The van der Waals surface area contributed by atoms with E-state index < -0.39 is 6.10 Å². The Morgan fingerprint density at radius 1 is 0.833 bits per heavy atom. The van der Waals surface area contributed by atoms with E-state index in [4.69, 9.17) is 4.74 Å². The lowest BCUT2D eigenvalue weighted by Gasteiger charge is -2.17. The summed E-state index contributed by atoms with van der Waals surface area (Å²) in [6.45, 7) is 3.73. The Labute approximate surface area is 178 Å². The van der Waals surface area contributed by atoms with Crippen LogP contribution in [0.4, 0.5) is 0 Å². The van der Waals surface area contributed by atoms with Crippen molar-refractivity contribution in [3.63, 3.8) is 0 Å². The summed E-state index contributed by atoms with van der Waals surface area (Å²) in [6, 6.07) is 30.5. The van der Waals surface area contributed by atoms with Gasteiger partial charge in [-0.15, -0.1) is 0 Å². The van der Waals surface area contributed by atoms with E-state index in [9.17, 15) is 5.11 Å². The molecule has 3 heteroatoms. The molecule has 0 saturated heterocycles. The number of fused-ring (bicyclic) bond motifs is 1. The zero-order chi connectivity index (χ0) is 20.8. The number of hydrogen-bond acceptors (Lipinski definition) is 3. The van der Waals surface area contributed by atoms with Crippen molar-refractivity contribution in [3.05, 3.63) is 113 Å². The molecule has 4 rings (SSSR count). The minimum absolute atomic E-state index is 0.477. The molecule has 2 N–H and O–H groups in total. The number of aliphatic hydroxyl groups excluding tert-OH is 1. The van der Waals surface area contributed by atoms with Crippen LogP contribution in [0, 0.1) is 6.92 Å². The highest BCUT2D eigenvalue weighted by molar-refractivity contribution is 5.87. The lowest BCUT2D eigenvalue weighted by Crippen LogP contribution is -2.21. The number of nitrogens with one attached hydrogen (secondary N) is 1. The minimum Gasteiger partial charge on any atom is -0.489 e. The number of rotatable bonds is 8. The van der Waals surface area contributed by atoms with Crippen LogP contribution in [0.5, 0.6) is 5.75 Å². The second-order valence-corrected chi connectivity index (χ2v) is 7.54. The molecule has 0 radical (unpaired) electrons. The summed E-state index contributed by atoms with van der Waals surface area (Å²) < 4.78 is 6.25. The van der Waals surface area contributed by atoms with Gasteiger partial charge in [0.15, 0.2) is 0 Å². The van der Waals surface area contributed by atoms with Crippen LogP contribution in [0.1, 0.15) is 28.4 Å². The van der Waals surface area contributed by atoms with Crippen LogP contribution < -0.4 is 10.1 Å². The first-order valence-electron chi connectivity index (χ1n) is 10.3. The molecule has 0 amide bonds. The fraction of sp³-hybridized carbons (Fsp3) is 0.185. The monoisotopic (exact) mass is 397 g/mol. The van der Waals surface area contributed by atoms with Crippen molar-refractivity contribution < 1.29 is 9.84 Å². The van der Waals surface area contributed by atoms with Gasteiger partial charge in [-0.25, -0.2) is 0 Å². The van der Waals surface area contributed by atoms with Gasteiger partial charge in [-0.2, -0.15) is 0 Å². The molecule has 4 aromatic carbocycles. The predicted molar refractivity (Wildman–Crippen MR) is 123 cm³/mol. The van der Waals surface area contributed by atoms with Crippen LogP contribution in [-0.4, -0.2) is 11.7 Å². The minimum atomic E-state index is -0.544. The molecule has 0 aliphatic rings. The van der Waals surface area contributed by atoms with E-state index in [1.54, 1.807) is 0 Å². The van der Waals surface area contributed by atoms with E-state index in [2.05, 4.69) is 48.6 Å². The number of benzene rings is 4. The van der Waals surface area contributed by atoms with Crippen LogP contribution in [0.2, 0.25) is 0 Å². The smallest absolute Gasteiger partial charge is 0.124 e.